The van der Waals surface area contributed by atoms with Gasteiger partial charge in [-0.05, 0) is 49.9 Å². The molecule has 1 aromatic carbocycles. The molecule has 1 fully saturated rings. The smallest absolute Gasteiger partial charge is 0.336 e. The Kier molecular flexibility index (Phi) is 6.34. The van der Waals surface area contributed by atoms with E-state index in [2.05, 4.69) is 28.3 Å². The van der Waals surface area contributed by atoms with Crippen molar-refractivity contribution in [3.8, 4) is 0 Å². The molecule has 2 aromatic rings. The molecule has 3 rings (SSSR count). The molecule has 0 spiro atoms. The third-order valence-corrected chi connectivity index (χ3v) is 5.61. The normalized spacial score (nSPS) is 18.5. The molecule has 0 saturated carbocycles. The Bertz CT molecular complexity index is 806. The number of aromatic nitrogens is 2. The van der Waals surface area contributed by atoms with Crippen LogP contribution in [0.1, 0.15) is 30.0 Å². The van der Waals surface area contributed by atoms with Crippen molar-refractivity contribution >= 4 is 17.7 Å². The largest absolute Gasteiger partial charge is 0.446 e. The summed E-state index contributed by atoms with van der Waals surface area (Å²) in [6, 6.07) is 5.78. The van der Waals surface area contributed by atoms with Gasteiger partial charge in [-0.1, -0.05) is 0 Å². The van der Waals surface area contributed by atoms with Crippen LogP contribution in [0.15, 0.2) is 41.6 Å². The minimum absolute atomic E-state index is 0.0775. The van der Waals surface area contributed by atoms with Crippen LogP contribution in [0.4, 0.5) is 13.2 Å². The number of carbonyl (C=O) groups excluding carboxylic acids is 1. The molecule has 5 nitrogen and oxygen atoms in total. The molecular formula is C19H23F3N4OS. The highest BCUT2D eigenvalue weighted by Crippen LogP contribution is 2.36. The Balaban J connectivity index is 1.59. The molecule has 9 heteroatoms. The van der Waals surface area contributed by atoms with Gasteiger partial charge in [0.15, 0.2) is 0 Å². The number of imidazole rings is 1. The molecule has 0 aliphatic carbocycles. The Morgan fingerprint density at radius 2 is 1.96 bits per heavy atom. The van der Waals surface area contributed by atoms with Crippen molar-refractivity contribution < 1.29 is 18.0 Å². The van der Waals surface area contributed by atoms with Crippen LogP contribution in [0.3, 0.4) is 0 Å². The summed E-state index contributed by atoms with van der Waals surface area (Å²) in [6.07, 6.45) is 3.75. The Labute approximate surface area is 166 Å². The number of rotatable bonds is 5. The van der Waals surface area contributed by atoms with E-state index in [0.717, 1.165) is 25.5 Å². The first-order valence-electron chi connectivity index (χ1n) is 9.16. The van der Waals surface area contributed by atoms with Gasteiger partial charge in [-0.15, -0.1) is 0 Å². The fourth-order valence-electron chi connectivity index (χ4n) is 3.36. The second kappa shape index (κ2) is 8.57. The third-order valence-electron chi connectivity index (χ3n) is 4.87. The van der Waals surface area contributed by atoms with Crippen LogP contribution in [-0.2, 0) is 13.1 Å². The quantitative estimate of drug-likeness (QED) is 0.700. The second-order valence-corrected chi connectivity index (χ2v) is 7.91. The Morgan fingerprint density at radius 3 is 2.57 bits per heavy atom. The number of amides is 1. The maximum absolute atomic E-state index is 12.7. The minimum atomic E-state index is -4.33. The molecule has 1 amide bonds. The Hall–Kier alpha value is -2.00. The number of hydrogen-bond donors (Lipinski definition) is 0. The summed E-state index contributed by atoms with van der Waals surface area (Å²) >= 11 is -0.177. The van der Waals surface area contributed by atoms with Gasteiger partial charge in [0, 0.05) is 55.1 Å². The first-order chi connectivity index (χ1) is 13.3. The Morgan fingerprint density at radius 1 is 1.25 bits per heavy atom. The summed E-state index contributed by atoms with van der Waals surface area (Å²) in [4.78, 5) is 21.3. The number of benzene rings is 1. The van der Waals surface area contributed by atoms with Crippen molar-refractivity contribution in [3.63, 3.8) is 0 Å². The summed E-state index contributed by atoms with van der Waals surface area (Å²) in [5.41, 5.74) is -3.92. The topological polar surface area (TPSA) is 41.4 Å². The lowest BCUT2D eigenvalue weighted by Crippen LogP contribution is -2.53. The molecule has 28 heavy (non-hydrogen) atoms. The maximum atomic E-state index is 12.7. The van der Waals surface area contributed by atoms with E-state index in [1.807, 2.05) is 6.20 Å². The van der Waals surface area contributed by atoms with Gasteiger partial charge in [0.1, 0.15) is 5.82 Å². The van der Waals surface area contributed by atoms with E-state index in [1.54, 1.807) is 11.1 Å². The van der Waals surface area contributed by atoms with Crippen LogP contribution in [0.5, 0.6) is 0 Å². The highest BCUT2D eigenvalue weighted by molar-refractivity contribution is 8.00. The SMILES string of the molecule is CCn1ccnc1CN1CCN(C(=O)c2ccc(SC(F)(F)F)cc2)CC1C. The van der Waals surface area contributed by atoms with Crippen LogP contribution in [0.25, 0.3) is 0 Å². The summed E-state index contributed by atoms with van der Waals surface area (Å²) < 4.78 is 39.4. The monoisotopic (exact) mass is 412 g/mol. The second-order valence-electron chi connectivity index (χ2n) is 6.77. The number of carbonyl (C=O) groups is 1. The average Bonchev–Trinajstić information content (AvgIpc) is 3.09. The molecule has 0 radical (unpaired) electrons. The maximum Gasteiger partial charge on any atom is 0.446 e. The zero-order valence-corrected chi connectivity index (χ0v) is 16.6. The highest BCUT2D eigenvalue weighted by atomic mass is 32.2. The fourth-order valence-corrected chi connectivity index (χ4v) is 3.90. The van der Waals surface area contributed by atoms with Gasteiger partial charge in [0.25, 0.3) is 5.91 Å². The predicted molar refractivity (Wildman–Crippen MR) is 102 cm³/mol. The van der Waals surface area contributed by atoms with E-state index < -0.39 is 5.51 Å². The predicted octanol–water partition coefficient (Wildman–Crippen LogP) is 3.86. The van der Waals surface area contributed by atoms with Gasteiger partial charge in [-0.25, -0.2) is 4.98 Å². The summed E-state index contributed by atoms with van der Waals surface area (Å²) in [7, 11) is 0. The number of hydrogen-bond acceptors (Lipinski definition) is 4. The minimum Gasteiger partial charge on any atom is -0.336 e. The van der Waals surface area contributed by atoms with Gasteiger partial charge in [0.05, 0.1) is 6.54 Å². The number of piperazine rings is 1. The first kappa shape index (κ1) is 20.7. The van der Waals surface area contributed by atoms with Crippen molar-refractivity contribution in [2.45, 2.75) is 43.4 Å². The number of alkyl halides is 3. The summed E-state index contributed by atoms with van der Waals surface area (Å²) in [5, 5.41) is 0. The third kappa shape index (κ3) is 5.08. The van der Waals surface area contributed by atoms with Crippen molar-refractivity contribution in [2.75, 3.05) is 19.6 Å². The fraction of sp³-hybridized carbons (Fsp3) is 0.474. The van der Waals surface area contributed by atoms with Gasteiger partial charge in [-0.3, -0.25) is 9.69 Å². The average molecular weight is 412 g/mol. The highest BCUT2D eigenvalue weighted by Gasteiger charge is 2.30. The van der Waals surface area contributed by atoms with Gasteiger partial charge in [0.2, 0.25) is 0 Å². The van der Waals surface area contributed by atoms with Gasteiger partial charge >= 0.3 is 5.51 Å². The van der Waals surface area contributed by atoms with E-state index in [1.165, 1.54) is 24.3 Å². The molecule has 0 bridgehead atoms. The van der Waals surface area contributed by atoms with E-state index >= 15 is 0 Å². The van der Waals surface area contributed by atoms with Crippen LogP contribution >= 0.6 is 11.8 Å². The van der Waals surface area contributed by atoms with Crippen LogP contribution in [-0.4, -0.2) is 56.4 Å². The lowest BCUT2D eigenvalue weighted by Gasteiger charge is -2.39. The molecule has 152 valence electrons. The van der Waals surface area contributed by atoms with Gasteiger partial charge < -0.3 is 9.47 Å². The molecule has 1 atom stereocenters. The standard InChI is InChI=1S/C19H23F3N4OS/c1-3-24-9-8-23-17(24)13-25-10-11-26(12-14(25)2)18(27)15-4-6-16(7-5-15)28-19(20,21)22/h4-9,14H,3,10-13H2,1-2H3. The number of nitrogens with zero attached hydrogens (tertiary/aromatic N) is 4. The van der Waals surface area contributed by atoms with E-state index in [9.17, 15) is 18.0 Å². The lowest BCUT2D eigenvalue weighted by atomic mass is 10.1. The number of halogens is 3. The zero-order chi connectivity index (χ0) is 20.3. The van der Waals surface area contributed by atoms with Crippen molar-refractivity contribution in [1.29, 1.82) is 0 Å². The van der Waals surface area contributed by atoms with E-state index in [0.29, 0.717) is 18.7 Å². The lowest BCUT2D eigenvalue weighted by molar-refractivity contribution is -0.0328. The van der Waals surface area contributed by atoms with Crippen LogP contribution in [0.2, 0.25) is 0 Å². The van der Waals surface area contributed by atoms with Gasteiger partial charge in [-0.2, -0.15) is 13.2 Å². The molecule has 1 unspecified atom stereocenters. The molecule has 1 aliphatic heterocycles. The molecule has 1 aromatic heterocycles. The number of thioether (sulfide) groups is 1. The first-order valence-corrected chi connectivity index (χ1v) is 9.97. The van der Waals surface area contributed by atoms with E-state index in [4.69, 9.17) is 0 Å². The summed E-state index contributed by atoms with van der Waals surface area (Å²) in [5.74, 6) is 0.858. The summed E-state index contributed by atoms with van der Waals surface area (Å²) in [6.45, 7) is 7.62. The molecule has 0 N–H and O–H groups in total. The molecule has 2 heterocycles. The van der Waals surface area contributed by atoms with Crippen molar-refractivity contribution in [3.05, 3.63) is 48.0 Å². The van der Waals surface area contributed by atoms with Crippen molar-refractivity contribution in [2.24, 2.45) is 0 Å². The van der Waals surface area contributed by atoms with Crippen molar-refractivity contribution in [1.82, 2.24) is 19.4 Å². The van der Waals surface area contributed by atoms with Crippen LogP contribution < -0.4 is 0 Å². The number of aryl methyl sites for hydroxylation is 1. The van der Waals surface area contributed by atoms with Crippen LogP contribution in [0, 0.1) is 0 Å². The molecular weight excluding hydrogens is 389 g/mol. The molecule has 1 saturated heterocycles. The zero-order valence-electron chi connectivity index (χ0n) is 15.8. The molecule has 1 aliphatic rings. The van der Waals surface area contributed by atoms with E-state index in [-0.39, 0.29) is 28.6 Å².